The molecule has 0 unspecified atom stereocenters. The number of amides is 1. The van der Waals surface area contributed by atoms with Crippen molar-refractivity contribution < 1.29 is 14.5 Å². The fourth-order valence-corrected chi connectivity index (χ4v) is 2.42. The van der Waals surface area contributed by atoms with Gasteiger partial charge in [-0.25, -0.2) is 4.79 Å². The molecule has 1 aromatic rings. The first-order valence-corrected chi connectivity index (χ1v) is 6.83. The monoisotopic (exact) mass is 304 g/mol. The zero-order valence-electron chi connectivity index (χ0n) is 12.1. The number of likely N-dealkylation sites (tertiary alicyclic amines) is 1. The number of non-ortho nitro benzene ring substituents is 1. The Labute approximate surface area is 127 Å². The molecule has 2 rings (SSSR count). The van der Waals surface area contributed by atoms with E-state index in [0.717, 1.165) is 12.8 Å². The molecule has 1 N–H and O–H groups in total. The zero-order chi connectivity index (χ0) is 16.1. The molecular formula is C14H16N4O4. The van der Waals surface area contributed by atoms with Gasteiger partial charge < -0.3 is 15.0 Å². The number of carbonyl (C=O) groups excluding carboxylic acids is 1. The third-order valence-corrected chi connectivity index (χ3v) is 3.62. The van der Waals surface area contributed by atoms with Crippen LogP contribution in [-0.2, 0) is 4.74 Å². The van der Waals surface area contributed by atoms with E-state index in [4.69, 9.17) is 5.26 Å². The zero-order valence-corrected chi connectivity index (χ0v) is 12.1. The van der Waals surface area contributed by atoms with Crippen molar-refractivity contribution in [2.24, 2.45) is 0 Å². The molecule has 0 spiro atoms. The first kappa shape index (κ1) is 15.6. The number of hydrogen-bond donors (Lipinski definition) is 1. The maximum absolute atomic E-state index is 11.4. The Morgan fingerprint density at radius 1 is 1.50 bits per heavy atom. The molecule has 116 valence electrons. The van der Waals surface area contributed by atoms with Crippen LogP contribution in [-0.4, -0.2) is 42.2 Å². The third kappa shape index (κ3) is 3.44. The van der Waals surface area contributed by atoms with Crippen LogP contribution in [0.1, 0.15) is 18.4 Å². The van der Waals surface area contributed by atoms with Crippen molar-refractivity contribution in [1.82, 2.24) is 4.90 Å². The lowest BCUT2D eigenvalue weighted by Gasteiger charge is -2.32. The molecule has 8 heteroatoms. The summed E-state index contributed by atoms with van der Waals surface area (Å²) in [6, 6.07) is 6.24. The number of nitro benzene ring substituents is 1. The second kappa shape index (κ2) is 6.76. The lowest BCUT2D eigenvalue weighted by molar-refractivity contribution is -0.384. The smallest absolute Gasteiger partial charge is 0.409 e. The van der Waals surface area contributed by atoms with Crippen LogP contribution in [0.3, 0.4) is 0 Å². The Bertz CT molecular complexity index is 618. The summed E-state index contributed by atoms with van der Waals surface area (Å²) >= 11 is 0. The molecule has 1 aliphatic heterocycles. The lowest BCUT2D eigenvalue weighted by atomic mass is 10.0. The number of anilines is 1. The van der Waals surface area contributed by atoms with Crippen LogP contribution in [0.5, 0.6) is 0 Å². The summed E-state index contributed by atoms with van der Waals surface area (Å²) in [5.41, 5.74) is 0.705. The van der Waals surface area contributed by atoms with E-state index >= 15 is 0 Å². The van der Waals surface area contributed by atoms with Crippen LogP contribution in [0.25, 0.3) is 0 Å². The quantitative estimate of drug-likeness (QED) is 0.676. The molecule has 1 aromatic carbocycles. The van der Waals surface area contributed by atoms with E-state index in [1.807, 2.05) is 6.07 Å². The summed E-state index contributed by atoms with van der Waals surface area (Å²) in [5.74, 6) is 0. The van der Waals surface area contributed by atoms with Gasteiger partial charge in [-0.1, -0.05) is 0 Å². The Kier molecular flexibility index (Phi) is 4.78. The van der Waals surface area contributed by atoms with E-state index in [0.29, 0.717) is 18.8 Å². The van der Waals surface area contributed by atoms with Gasteiger partial charge in [-0.15, -0.1) is 0 Å². The number of rotatable bonds is 3. The van der Waals surface area contributed by atoms with E-state index < -0.39 is 4.92 Å². The van der Waals surface area contributed by atoms with E-state index in [9.17, 15) is 14.9 Å². The molecule has 0 atom stereocenters. The van der Waals surface area contributed by atoms with Gasteiger partial charge in [-0.3, -0.25) is 10.1 Å². The van der Waals surface area contributed by atoms with Crippen molar-refractivity contribution >= 4 is 17.5 Å². The van der Waals surface area contributed by atoms with E-state index in [-0.39, 0.29) is 23.4 Å². The second-order valence-corrected chi connectivity index (χ2v) is 4.97. The molecule has 22 heavy (non-hydrogen) atoms. The fraction of sp³-hybridized carbons (Fsp3) is 0.429. The Balaban J connectivity index is 2.02. The Morgan fingerprint density at radius 2 is 2.18 bits per heavy atom. The first-order chi connectivity index (χ1) is 10.5. The Morgan fingerprint density at radius 3 is 2.73 bits per heavy atom. The normalized spacial score (nSPS) is 15.0. The minimum atomic E-state index is -0.528. The van der Waals surface area contributed by atoms with Gasteiger partial charge in [-0.2, -0.15) is 5.26 Å². The van der Waals surface area contributed by atoms with Gasteiger partial charge in [-0.05, 0) is 18.9 Å². The summed E-state index contributed by atoms with van der Waals surface area (Å²) in [4.78, 5) is 23.2. The molecule has 1 amide bonds. The number of nitro groups is 1. The third-order valence-electron chi connectivity index (χ3n) is 3.62. The minimum absolute atomic E-state index is 0.106. The highest BCUT2D eigenvalue weighted by Crippen LogP contribution is 2.24. The average Bonchev–Trinajstić information content (AvgIpc) is 2.55. The SMILES string of the molecule is COC(=O)N1CCC(Nc2ccc([N+](=O)[O-])cc2C#N)CC1. The number of piperidine rings is 1. The molecule has 1 saturated heterocycles. The largest absolute Gasteiger partial charge is 0.453 e. The number of nitrogens with zero attached hydrogens (tertiary/aromatic N) is 3. The summed E-state index contributed by atoms with van der Waals surface area (Å²) in [6.45, 7) is 1.14. The number of carbonyl (C=O) groups is 1. The van der Waals surface area contributed by atoms with Crippen LogP contribution < -0.4 is 5.32 Å². The van der Waals surface area contributed by atoms with Gasteiger partial charge in [0, 0.05) is 31.3 Å². The van der Waals surface area contributed by atoms with Gasteiger partial charge in [0.25, 0.3) is 5.69 Å². The van der Waals surface area contributed by atoms with Crippen molar-refractivity contribution in [2.75, 3.05) is 25.5 Å². The van der Waals surface area contributed by atoms with E-state index in [2.05, 4.69) is 10.1 Å². The van der Waals surface area contributed by atoms with Gasteiger partial charge in [0.2, 0.25) is 0 Å². The molecule has 0 aliphatic carbocycles. The molecule has 0 bridgehead atoms. The number of methoxy groups -OCH3 is 1. The fourth-order valence-electron chi connectivity index (χ4n) is 2.42. The number of nitrogens with one attached hydrogen (secondary N) is 1. The average molecular weight is 304 g/mol. The predicted octanol–water partition coefficient (Wildman–Crippen LogP) is 2.11. The van der Waals surface area contributed by atoms with Crippen LogP contribution in [0.2, 0.25) is 0 Å². The van der Waals surface area contributed by atoms with Gasteiger partial charge in [0.15, 0.2) is 0 Å². The summed E-state index contributed by atoms with van der Waals surface area (Å²) < 4.78 is 4.67. The van der Waals surface area contributed by atoms with Crippen LogP contribution in [0.15, 0.2) is 18.2 Å². The van der Waals surface area contributed by atoms with Gasteiger partial charge in [0.05, 0.1) is 23.3 Å². The molecule has 0 saturated carbocycles. The molecule has 1 heterocycles. The summed E-state index contributed by atoms with van der Waals surface area (Å²) in [5, 5.41) is 23.1. The number of ether oxygens (including phenoxy) is 1. The highest BCUT2D eigenvalue weighted by atomic mass is 16.6. The number of benzene rings is 1. The van der Waals surface area contributed by atoms with Crippen molar-refractivity contribution in [1.29, 1.82) is 5.26 Å². The molecular weight excluding hydrogens is 288 g/mol. The van der Waals surface area contributed by atoms with Gasteiger partial charge in [0.1, 0.15) is 6.07 Å². The van der Waals surface area contributed by atoms with Crippen LogP contribution in [0, 0.1) is 21.4 Å². The molecule has 8 nitrogen and oxygen atoms in total. The lowest BCUT2D eigenvalue weighted by Crippen LogP contribution is -2.42. The molecule has 0 aromatic heterocycles. The summed E-state index contributed by atoms with van der Waals surface area (Å²) in [7, 11) is 1.35. The standard InChI is InChI=1S/C14H16N4O4/c1-22-14(19)17-6-4-11(5-7-17)16-13-3-2-12(18(20)21)8-10(13)9-15/h2-3,8,11,16H,4-7H2,1H3. The minimum Gasteiger partial charge on any atom is -0.453 e. The van der Waals surface area contributed by atoms with Crippen molar-refractivity contribution in [3.8, 4) is 6.07 Å². The second-order valence-electron chi connectivity index (χ2n) is 4.97. The van der Waals surface area contributed by atoms with E-state index in [1.54, 1.807) is 11.0 Å². The van der Waals surface area contributed by atoms with Crippen LogP contribution >= 0.6 is 0 Å². The Hall–Kier alpha value is -2.82. The highest BCUT2D eigenvalue weighted by Gasteiger charge is 2.23. The topological polar surface area (TPSA) is 108 Å². The van der Waals surface area contributed by atoms with Crippen molar-refractivity contribution in [2.45, 2.75) is 18.9 Å². The van der Waals surface area contributed by atoms with Crippen molar-refractivity contribution in [3.63, 3.8) is 0 Å². The van der Waals surface area contributed by atoms with E-state index in [1.165, 1.54) is 19.2 Å². The van der Waals surface area contributed by atoms with Crippen LogP contribution in [0.4, 0.5) is 16.2 Å². The maximum Gasteiger partial charge on any atom is 0.409 e. The number of hydrogen-bond acceptors (Lipinski definition) is 6. The molecule has 0 radical (unpaired) electrons. The van der Waals surface area contributed by atoms with Gasteiger partial charge >= 0.3 is 6.09 Å². The predicted molar refractivity (Wildman–Crippen MR) is 78.4 cm³/mol. The van der Waals surface area contributed by atoms with Crippen molar-refractivity contribution in [3.05, 3.63) is 33.9 Å². The summed E-state index contributed by atoms with van der Waals surface area (Å²) in [6.07, 6.45) is 1.10. The number of nitriles is 1. The maximum atomic E-state index is 11.4. The first-order valence-electron chi connectivity index (χ1n) is 6.83. The highest BCUT2D eigenvalue weighted by molar-refractivity contribution is 5.67. The molecule has 1 aliphatic rings. The molecule has 1 fully saturated rings.